The first kappa shape index (κ1) is 45.7. The maximum atomic E-state index is 11.4. The van der Waals surface area contributed by atoms with Gasteiger partial charge in [0.1, 0.15) is 0 Å². The molecule has 228 valence electrons. The maximum Gasteiger partial charge on any atom is 3.00 e. The van der Waals surface area contributed by atoms with Gasteiger partial charge in [-0.25, -0.2) is 0 Å². The van der Waals surface area contributed by atoms with Crippen LogP contribution in [0.3, 0.4) is 0 Å². The molecule has 0 rings (SSSR count). The van der Waals surface area contributed by atoms with Crippen molar-refractivity contribution >= 4 is 34.7 Å². The second kappa shape index (κ2) is 16.4. The minimum atomic E-state index is -0.457. The van der Waals surface area contributed by atoms with Gasteiger partial charge < -0.3 is 28.8 Å². The van der Waals surface area contributed by atoms with E-state index in [0.29, 0.717) is 0 Å². The zero-order chi connectivity index (χ0) is 32.6. The van der Waals surface area contributed by atoms with Crippen LogP contribution in [-0.4, -0.2) is 34.7 Å². The van der Waals surface area contributed by atoms with E-state index < -0.39 is 32.5 Å². The van der Waals surface area contributed by atoms with Crippen LogP contribution in [-0.2, 0) is 61.5 Å². The van der Waals surface area contributed by atoms with Crippen molar-refractivity contribution in [3.8, 4) is 0 Å². The van der Waals surface area contributed by atoms with Crippen LogP contribution in [0, 0.1) is 51.8 Å². The molecular formula is C33H57O6Y. The second-order valence-corrected chi connectivity index (χ2v) is 16.1. The number of carbonyl (C=O) groups is 6. The number of hydrogen-bond acceptors (Lipinski definition) is 6. The molecule has 0 aliphatic carbocycles. The molecule has 0 fully saturated rings. The molecule has 0 amide bonds. The Morgan fingerprint density at radius 1 is 0.275 bits per heavy atom. The Labute approximate surface area is 271 Å². The van der Waals surface area contributed by atoms with Crippen molar-refractivity contribution in [2.75, 3.05) is 0 Å². The van der Waals surface area contributed by atoms with Crippen molar-refractivity contribution in [1.29, 1.82) is 0 Å². The van der Waals surface area contributed by atoms with Gasteiger partial charge in [-0.15, -0.1) is 0 Å². The molecule has 0 aliphatic heterocycles. The van der Waals surface area contributed by atoms with Gasteiger partial charge in [-0.3, -0.25) is 19.3 Å². The third kappa shape index (κ3) is 21.5. The van der Waals surface area contributed by atoms with E-state index in [-0.39, 0.29) is 67.4 Å². The summed E-state index contributed by atoms with van der Waals surface area (Å²) in [6.45, 7) is 32.5. The molecule has 0 radical (unpaired) electrons. The minimum Gasteiger partial charge on any atom is -0.333 e. The Hall–Kier alpha value is -1.27. The molecular weight excluding hydrogens is 581 g/mol. The average molecular weight is 639 g/mol. The van der Waals surface area contributed by atoms with Gasteiger partial charge in [0.05, 0.1) is 0 Å². The van der Waals surface area contributed by atoms with E-state index in [2.05, 4.69) is 0 Å². The fourth-order valence-corrected chi connectivity index (χ4v) is 1.66. The molecule has 0 aliphatic rings. The van der Waals surface area contributed by atoms with Crippen molar-refractivity contribution in [3.63, 3.8) is 0 Å². The Morgan fingerprint density at radius 2 is 0.350 bits per heavy atom. The zero-order valence-electron chi connectivity index (χ0n) is 28.8. The summed E-state index contributed by atoms with van der Waals surface area (Å²) in [7, 11) is 0. The van der Waals surface area contributed by atoms with E-state index in [9.17, 15) is 28.8 Å². The van der Waals surface area contributed by atoms with Crippen LogP contribution in [0.2, 0.25) is 0 Å². The molecule has 0 bridgehead atoms. The van der Waals surface area contributed by atoms with Gasteiger partial charge in [0.25, 0.3) is 0 Å². The molecule has 0 aromatic heterocycles. The largest absolute Gasteiger partial charge is 3.00 e. The summed E-state index contributed by atoms with van der Waals surface area (Å²) in [4.78, 5) is 68.7. The zero-order valence-corrected chi connectivity index (χ0v) is 31.6. The Bertz CT molecular complexity index is 693. The van der Waals surface area contributed by atoms with E-state index in [0.717, 1.165) is 0 Å². The predicted octanol–water partition coefficient (Wildman–Crippen LogP) is 7.26. The van der Waals surface area contributed by atoms with Gasteiger partial charge in [-0.1, -0.05) is 125 Å². The number of hydrogen-bond donors (Lipinski definition) is 0. The molecule has 0 atom stereocenters. The number of carbonyl (C=O) groups excluding carboxylic acids is 6. The van der Waals surface area contributed by atoms with E-state index >= 15 is 0 Å². The van der Waals surface area contributed by atoms with Gasteiger partial charge in [0, 0.05) is 34.7 Å². The summed E-state index contributed by atoms with van der Waals surface area (Å²) in [5.74, 6) is -0.625. The number of ketones is 6. The second-order valence-electron chi connectivity index (χ2n) is 16.1. The van der Waals surface area contributed by atoms with Crippen LogP contribution < -0.4 is 0 Å². The van der Waals surface area contributed by atoms with Crippen LogP contribution in [0.5, 0.6) is 0 Å². The van der Waals surface area contributed by atoms with Gasteiger partial charge in [0.2, 0.25) is 0 Å². The monoisotopic (exact) mass is 638 g/mol. The van der Waals surface area contributed by atoms with E-state index in [1.54, 1.807) is 0 Å². The Morgan fingerprint density at radius 3 is 0.400 bits per heavy atom. The van der Waals surface area contributed by atoms with Crippen LogP contribution in [0.25, 0.3) is 0 Å². The summed E-state index contributed by atoms with van der Waals surface area (Å²) >= 11 is 0. The van der Waals surface area contributed by atoms with Crippen molar-refractivity contribution in [3.05, 3.63) is 19.3 Å². The van der Waals surface area contributed by atoms with Crippen molar-refractivity contribution < 1.29 is 61.5 Å². The summed E-state index contributed by atoms with van der Waals surface area (Å²) < 4.78 is 0. The first-order valence-electron chi connectivity index (χ1n) is 13.5. The molecule has 0 saturated carbocycles. The van der Waals surface area contributed by atoms with Crippen LogP contribution >= 0.6 is 0 Å². The first-order valence-corrected chi connectivity index (χ1v) is 13.5. The SMILES string of the molecule is CC(C)(C)C(=O)[CH-]C(=O)C(C)(C)C.CC(C)(C)C(=O)[CH-]C(=O)C(C)(C)C.CC(C)(C)C(=O)[CH-]C(=O)C(C)(C)C.[Y+3]. The third-order valence-electron chi connectivity index (χ3n) is 5.22. The maximum absolute atomic E-state index is 11.4. The van der Waals surface area contributed by atoms with E-state index in [1.807, 2.05) is 125 Å². The normalized spacial score (nSPS) is 12.2. The molecule has 6 nitrogen and oxygen atoms in total. The molecule has 0 saturated heterocycles. The summed E-state index contributed by atoms with van der Waals surface area (Å²) in [5, 5.41) is 0. The Kier molecular flexibility index (Phi) is 18.7. The molecule has 0 heterocycles. The predicted molar refractivity (Wildman–Crippen MR) is 160 cm³/mol. The van der Waals surface area contributed by atoms with Gasteiger partial charge in [0.15, 0.2) is 0 Å². The Balaban J connectivity index is -0.000000240. The standard InChI is InChI=1S/3C11H19O2.Y/c3*1-10(2,3)8(12)7-9(13)11(4,5)6;/h3*7H,1-6H3;/q3*-1;+3. The quantitative estimate of drug-likeness (QED) is 0.224. The van der Waals surface area contributed by atoms with Crippen LogP contribution in [0.4, 0.5) is 0 Å². The van der Waals surface area contributed by atoms with Gasteiger partial charge >= 0.3 is 32.7 Å². The molecule has 0 unspecified atom stereocenters. The summed E-state index contributed by atoms with van der Waals surface area (Å²) in [6, 6.07) is 0. The van der Waals surface area contributed by atoms with Crippen LogP contribution in [0.15, 0.2) is 0 Å². The third-order valence-corrected chi connectivity index (χ3v) is 5.22. The molecule has 0 aromatic carbocycles. The molecule has 40 heavy (non-hydrogen) atoms. The number of rotatable bonds is 6. The van der Waals surface area contributed by atoms with E-state index in [4.69, 9.17) is 0 Å². The minimum absolute atomic E-state index is 0. The summed E-state index contributed by atoms with van der Waals surface area (Å²) in [5.41, 5.74) is -2.74. The van der Waals surface area contributed by atoms with Crippen molar-refractivity contribution in [2.24, 2.45) is 32.5 Å². The first-order chi connectivity index (χ1) is 16.6. The van der Waals surface area contributed by atoms with Gasteiger partial charge in [-0.05, 0) is 32.5 Å². The van der Waals surface area contributed by atoms with Crippen molar-refractivity contribution in [2.45, 2.75) is 125 Å². The fraction of sp³-hybridized carbons (Fsp3) is 0.727. The van der Waals surface area contributed by atoms with Crippen molar-refractivity contribution in [1.82, 2.24) is 0 Å². The smallest absolute Gasteiger partial charge is 0.333 e. The van der Waals surface area contributed by atoms with Crippen LogP contribution in [0.1, 0.15) is 125 Å². The average Bonchev–Trinajstić information content (AvgIpc) is 2.64. The molecule has 0 aromatic rings. The topological polar surface area (TPSA) is 102 Å². The molecule has 7 heteroatoms. The molecule has 0 N–H and O–H groups in total. The van der Waals surface area contributed by atoms with Gasteiger partial charge in [-0.2, -0.15) is 0 Å². The fourth-order valence-electron chi connectivity index (χ4n) is 1.66. The summed E-state index contributed by atoms with van der Waals surface area (Å²) in [6.07, 6.45) is 3.67. The van der Waals surface area contributed by atoms with E-state index in [1.165, 1.54) is 19.3 Å². The molecule has 0 spiro atoms. The number of Topliss-reactive ketones (excluding diaryl/α,β-unsaturated/α-hetero) is 6.